The van der Waals surface area contributed by atoms with Crippen molar-refractivity contribution < 1.29 is 14.3 Å². The fraction of sp³-hybridized carbons (Fsp3) is 0.889. The van der Waals surface area contributed by atoms with E-state index in [4.69, 9.17) is 9.47 Å². The lowest BCUT2D eigenvalue weighted by molar-refractivity contribution is -0.126. The number of methoxy groups -OCH3 is 1. The molecule has 0 aromatic heterocycles. The summed E-state index contributed by atoms with van der Waals surface area (Å²) in [5, 5.41) is 2.78. The van der Waals surface area contributed by atoms with Crippen LogP contribution in [0.4, 0.5) is 0 Å². The minimum atomic E-state index is -0.163. The van der Waals surface area contributed by atoms with Crippen LogP contribution in [0.2, 0.25) is 0 Å². The fourth-order valence-electron chi connectivity index (χ4n) is 1.44. The molecule has 4 nitrogen and oxygen atoms in total. The molecule has 1 rings (SSSR count). The van der Waals surface area contributed by atoms with Gasteiger partial charge < -0.3 is 14.8 Å². The molecule has 1 aliphatic rings. The van der Waals surface area contributed by atoms with Gasteiger partial charge in [0.25, 0.3) is 0 Å². The van der Waals surface area contributed by atoms with Crippen molar-refractivity contribution in [2.45, 2.75) is 25.4 Å². The number of carbonyl (C=O) groups excluding carboxylic acids is 1. The van der Waals surface area contributed by atoms with Gasteiger partial charge in [0.1, 0.15) is 6.61 Å². The van der Waals surface area contributed by atoms with Crippen LogP contribution in [-0.4, -0.2) is 38.4 Å². The second-order valence-electron chi connectivity index (χ2n) is 3.61. The molecule has 0 aromatic carbocycles. The molecule has 4 heteroatoms. The zero-order valence-electron chi connectivity index (χ0n) is 8.26. The lowest BCUT2D eigenvalue weighted by Crippen LogP contribution is -2.41. The molecule has 0 aromatic rings. The molecule has 0 radical (unpaired) electrons. The van der Waals surface area contributed by atoms with Crippen molar-refractivity contribution in [2.24, 2.45) is 0 Å². The molecule has 1 unspecified atom stereocenters. The van der Waals surface area contributed by atoms with Gasteiger partial charge in [-0.1, -0.05) is 0 Å². The van der Waals surface area contributed by atoms with E-state index >= 15 is 0 Å². The van der Waals surface area contributed by atoms with Crippen LogP contribution in [0.5, 0.6) is 0 Å². The molecule has 76 valence electrons. The van der Waals surface area contributed by atoms with Crippen LogP contribution in [0.15, 0.2) is 0 Å². The van der Waals surface area contributed by atoms with E-state index in [-0.39, 0.29) is 18.1 Å². The van der Waals surface area contributed by atoms with E-state index in [0.29, 0.717) is 6.54 Å². The fourth-order valence-corrected chi connectivity index (χ4v) is 1.44. The van der Waals surface area contributed by atoms with E-state index in [1.807, 2.05) is 6.92 Å². The maximum Gasteiger partial charge on any atom is 0.246 e. The summed E-state index contributed by atoms with van der Waals surface area (Å²) in [5.41, 5.74) is -0.163. The highest BCUT2D eigenvalue weighted by molar-refractivity contribution is 5.77. The van der Waals surface area contributed by atoms with E-state index in [9.17, 15) is 4.79 Å². The van der Waals surface area contributed by atoms with Crippen LogP contribution in [0, 0.1) is 0 Å². The first-order valence-corrected chi connectivity index (χ1v) is 4.56. The van der Waals surface area contributed by atoms with Crippen molar-refractivity contribution in [1.82, 2.24) is 5.32 Å². The molecular weight excluding hydrogens is 170 g/mol. The number of amides is 1. The van der Waals surface area contributed by atoms with Gasteiger partial charge in [0.15, 0.2) is 0 Å². The van der Waals surface area contributed by atoms with Crippen molar-refractivity contribution in [2.75, 3.05) is 26.9 Å². The molecule has 1 heterocycles. The summed E-state index contributed by atoms with van der Waals surface area (Å²) in [7, 11) is 1.51. The van der Waals surface area contributed by atoms with Gasteiger partial charge in [0.05, 0.1) is 5.60 Å². The van der Waals surface area contributed by atoms with Gasteiger partial charge in [0.2, 0.25) is 5.91 Å². The summed E-state index contributed by atoms with van der Waals surface area (Å²) in [6.07, 6.45) is 2.09. The first kappa shape index (κ1) is 10.5. The molecule has 13 heavy (non-hydrogen) atoms. The summed E-state index contributed by atoms with van der Waals surface area (Å²) in [6, 6.07) is 0. The number of rotatable bonds is 4. The van der Waals surface area contributed by atoms with Crippen molar-refractivity contribution in [3.8, 4) is 0 Å². The average molecular weight is 187 g/mol. The second kappa shape index (κ2) is 4.58. The highest BCUT2D eigenvalue weighted by Gasteiger charge is 2.29. The monoisotopic (exact) mass is 187 g/mol. The van der Waals surface area contributed by atoms with Gasteiger partial charge >= 0.3 is 0 Å². The normalized spacial score (nSPS) is 27.5. The molecule has 1 fully saturated rings. The maximum atomic E-state index is 11.1. The summed E-state index contributed by atoms with van der Waals surface area (Å²) in [6.45, 7) is 3.52. The van der Waals surface area contributed by atoms with E-state index < -0.39 is 0 Å². The van der Waals surface area contributed by atoms with Crippen LogP contribution >= 0.6 is 0 Å². The van der Waals surface area contributed by atoms with E-state index in [1.54, 1.807) is 0 Å². The maximum absolute atomic E-state index is 11.1. The second-order valence-corrected chi connectivity index (χ2v) is 3.61. The number of ether oxygens (including phenoxy) is 2. The van der Waals surface area contributed by atoms with Gasteiger partial charge in [-0.05, 0) is 19.8 Å². The van der Waals surface area contributed by atoms with Gasteiger partial charge in [-0.2, -0.15) is 0 Å². The highest BCUT2D eigenvalue weighted by Crippen LogP contribution is 2.23. The molecule has 1 atom stereocenters. The smallest absolute Gasteiger partial charge is 0.246 e. The molecule has 0 spiro atoms. The van der Waals surface area contributed by atoms with E-state index in [0.717, 1.165) is 19.4 Å². The lowest BCUT2D eigenvalue weighted by atomic mass is 10.0. The minimum absolute atomic E-state index is 0.0841. The van der Waals surface area contributed by atoms with Crippen molar-refractivity contribution >= 4 is 5.91 Å². The Morgan fingerprint density at radius 3 is 3.00 bits per heavy atom. The summed E-state index contributed by atoms with van der Waals surface area (Å²) in [4.78, 5) is 11.1. The molecule has 0 bridgehead atoms. The summed E-state index contributed by atoms with van der Waals surface area (Å²) in [5.74, 6) is -0.0841. The standard InChI is InChI=1S/C9H17NO3/c1-9(4-3-5-13-9)7-10-8(11)6-12-2/h3-7H2,1-2H3,(H,10,11). The first-order chi connectivity index (χ1) is 6.16. The SMILES string of the molecule is COCC(=O)NCC1(C)CCCO1. The number of hydrogen-bond acceptors (Lipinski definition) is 3. The Morgan fingerprint density at radius 2 is 2.46 bits per heavy atom. The molecule has 1 saturated heterocycles. The third-order valence-electron chi connectivity index (χ3n) is 2.24. The third-order valence-corrected chi connectivity index (χ3v) is 2.24. The van der Waals surface area contributed by atoms with Gasteiger partial charge in [-0.15, -0.1) is 0 Å². The Hall–Kier alpha value is -0.610. The Labute approximate surface area is 78.6 Å². The van der Waals surface area contributed by atoms with Crippen LogP contribution in [0.1, 0.15) is 19.8 Å². The topological polar surface area (TPSA) is 47.6 Å². The molecule has 1 N–H and O–H groups in total. The first-order valence-electron chi connectivity index (χ1n) is 4.56. The molecule has 1 amide bonds. The van der Waals surface area contributed by atoms with Crippen molar-refractivity contribution in [3.63, 3.8) is 0 Å². The van der Waals surface area contributed by atoms with Gasteiger partial charge in [-0.25, -0.2) is 0 Å². The molecule has 1 aliphatic heterocycles. The molecule has 0 aliphatic carbocycles. The van der Waals surface area contributed by atoms with E-state index in [2.05, 4.69) is 5.32 Å². The number of hydrogen-bond donors (Lipinski definition) is 1. The summed E-state index contributed by atoms with van der Waals surface area (Å²) < 4.78 is 10.2. The molecular formula is C9H17NO3. The third kappa shape index (κ3) is 3.32. The Kier molecular flexibility index (Phi) is 3.69. The Morgan fingerprint density at radius 1 is 1.69 bits per heavy atom. The van der Waals surface area contributed by atoms with Gasteiger partial charge in [-0.3, -0.25) is 4.79 Å². The quantitative estimate of drug-likeness (QED) is 0.689. The summed E-state index contributed by atoms with van der Waals surface area (Å²) >= 11 is 0. The predicted octanol–water partition coefficient (Wildman–Crippen LogP) is 0.318. The Bertz CT molecular complexity index is 176. The number of nitrogens with one attached hydrogen (secondary N) is 1. The van der Waals surface area contributed by atoms with Crippen LogP contribution in [-0.2, 0) is 14.3 Å². The lowest BCUT2D eigenvalue weighted by Gasteiger charge is -2.23. The van der Waals surface area contributed by atoms with Crippen molar-refractivity contribution in [1.29, 1.82) is 0 Å². The number of carbonyl (C=O) groups is 1. The average Bonchev–Trinajstić information content (AvgIpc) is 2.51. The highest BCUT2D eigenvalue weighted by atomic mass is 16.5. The van der Waals surface area contributed by atoms with E-state index in [1.165, 1.54) is 7.11 Å². The largest absolute Gasteiger partial charge is 0.375 e. The van der Waals surface area contributed by atoms with Crippen molar-refractivity contribution in [3.05, 3.63) is 0 Å². The zero-order chi connectivity index (χ0) is 9.73. The Balaban J connectivity index is 2.21. The van der Waals surface area contributed by atoms with Gasteiger partial charge in [0, 0.05) is 20.3 Å². The van der Waals surface area contributed by atoms with Crippen LogP contribution in [0.25, 0.3) is 0 Å². The zero-order valence-corrected chi connectivity index (χ0v) is 8.26. The predicted molar refractivity (Wildman–Crippen MR) is 48.5 cm³/mol. The van der Waals surface area contributed by atoms with Crippen LogP contribution in [0.3, 0.4) is 0 Å². The molecule has 0 saturated carbocycles. The minimum Gasteiger partial charge on any atom is -0.375 e. The van der Waals surface area contributed by atoms with Crippen LogP contribution < -0.4 is 5.32 Å².